The van der Waals surface area contributed by atoms with E-state index >= 15 is 0 Å². The Morgan fingerprint density at radius 1 is 1.44 bits per heavy atom. The number of benzene rings is 1. The van der Waals surface area contributed by atoms with Gasteiger partial charge in [0.25, 0.3) is 0 Å². The molecular weight excluding hydrogens is 271 g/mol. The molecule has 2 nitrogen and oxygen atoms in total. The standard InChI is InChI=1S/C13H14ClFN2S/c1-8-6-18-7-10(8)12(17-16)5-9-3-2-4-11(15)13(9)14/h2-4,6-7,12,17H,5,16H2,1H3. The predicted octanol–water partition coefficient (Wildman–Crippen LogP) is 3.60. The van der Waals surface area contributed by atoms with Crippen molar-refractivity contribution in [1.29, 1.82) is 0 Å². The molecule has 3 N–H and O–H groups in total. The van der Waals surface area contributed by atoms with Crippen molar-refractivity contribution in [2.24, 2.45) is 5.84 Å². The van der Waals surface area contributed by atoms with Crippen molar-refractivity contribution in [3.63, 3.8) is 0 Å². The van der Waals surface area contributed by atoms with E-state index in [1.165, 1.54) is 11.6 Å². The van der Waals surface area contributed by atoms with E-state index in [-0.39, 0.29) is 11.1 Å². The van der Waals surface area contributed by atoms with Crippen molar-refractivity contribution >= 4 is 22.9 Å². The zero-order valence-electron chi connectivity index (χ0n) is 9.91. The number of nitrogens with one attached hydrogen (secondary N) is 1. The van der Waals surface area contributed by atoms with Gasteiger partial charge in [0.05, 0.1) is 11.1 Å². The van der Waals surface area contributed by atoms with E-state index in [4.69, 9.17) is 17.4 Å². The highest BCUT2D eigenvalue weighted by Crippen LogP contribution is 2.28. The summed E-state index contributed by atoms with van der Waals surface area (Å²) in [6.07, 6.45) is 0.560. The van der Waals surface area contributed by atoms with Crippen molar-refractivity contribution in [3.8, 4) is 0 Å². The molecule has 1 heterocycles. The lowest BCUT2D eigenvalue weighted by atomic mass is 9.99. The van der Waals surface area contributed by atoms with Crippen LogP contribution in [0.2, 0.25) is 5.02 Å². The van der Waals surface area contributed by atoms with Crippen molar-refractivity contribution < 1.29 is 4.39 Å². The molecule has 1 aromatic carbocycles. The van der Waals surface area contributed by atoms with E-state index in [2.05, 4.69) is 10.8 Å². The van der Waals surface area contributed by atoms with Gasteiger partial charge in [0.2, 0.25) is 0 Å². The summed E-state index contributed by atoms with van der Waals surface area (Å²) >= 11 is 7.58. The first-order chi connectivity index (χ1) is 8.63. The maximum atomic E-state index is 13.4. The Kier molecular flexibility index (Phi) is 4.35. The van der Waals surface area contributed by atoms with Gasteiger partial charge in [-0.2, -0.15) is 11.3 Å². The van der Waals surface area contributed by atoms with E-state index in [1.54, 1.807) is 17.4 Å². The van der Waals surface area contributed by atoms with Crippen LogP contribution in [0.5, 0.6) is 0 Å². The highest BCUT2D eigenvalue weighted by molar-refractivity contribution is 7.08. The van der Waals surface area contributed by atoms with Crippen molar-refractivity contribution in [2.45, 2.75) is 19.4 Å². The summed E-state index contributed by atoms with van der Waals surface area (Å²) in [6, 6.07) is 4.77. The second-order valence-electron chi connectivity index (χ2n) is 4.15. The third kappa shape index (κ3) is 2.72. The summed E-state index contributed by atoms with van der Waals surface area (Å²) < 4.78 is 13.4. The van der Waals surface area contributed by atoms with E-state index in [0.717, 1.165) is 11.1 Å². The molecule has 0 aliphatic rings. The van der Waals surface area contributed by atoms with Gasteiger partial charge in [-0.15, -0.1) is 0 Å². The SMILES string of the molecule is Cc1cscc1C(Cc1cccc(F)c1Cl)NN. The number of hydrogen-bond acceptors (Lipinski definition) is 3. The van der Waals surface area contributed by atoms with Gasteiger partial charge in [-0.1, -0.05) is 23.7 Å². The van der Waals surface area contributed by atoms with Gasteiger partial charge in [-0.05, 0) is 46.9 Å². The Labute approximate surface area is 115 Å². The molecule has 2 aromatic rings. The van der Waals surface area contributed by atoms with Gasteiger partial charge in [-0.25, -0.2) is 4.39 Å². The molecule has 0 spiro atoms. The molecule has 1 unspecified atom stereocenters. The minimum Gasteiger partial charge on any atom is -0.271 e. The van der Waals surface area contributed by atoms with E-state index in [0.29, 0.717) is 6.42 Å². The van der Waals surface area contributed by atoms with Crippen LogP contribution in [-0.2, 0) is 6.42 Å². The summed E-state index contributed by atoms with van der Waals surface area (Å²) in [5.41, 5.74) is 5.82. The van der Waals surface area contributed by atoms with Gasteiger partial charge < -0.3 is 0 Å². The van der Waals surface area contributed by atoms with Crippen LogP contribution in [0.15, 0.2) is 29.0 Å². The van der Waals surface area contributed by atoms with E-state index in [1.807, 2.05) is 18.4 Å². The fourth-order valence-electron chi connectivity index (χ4n) is 1.91. The quantitative estimate of drug-likeness (QED) is 0.665. The van der Waals surface area contributed by atoms with Gasteiger partial charge >= 0.3 is 0 Å². The van der Waals surface area contributed by atoms with Gasteiger partial charge in [-0.3, -0.25) is 11.3 Å². The molecule has 0 fully saturated rings. The highest BCUT2D eigenvalue weighted by Gasteiger charge is 2.16. The van der Waals surface area contributed by atoms with Gasteiger partial charge in [0.15, 0.2) is 0 Å². The van der Waals surface area contributed by atoms with E-state index < -0.39 is 5.82 Å². The number of hydrazine groups is 1. The van der Waals surface area contributed by atoms with Crippen LogP contribution >= 0.6 is 22.9 Å². The summed E-state index contributed by atoms with van der Waals surface area (Å²) in [5.74, 6) is 5.19. The Bertz CT molecular complexity index is 542. The Balaban J connectivity index is 2.26. The number of aryl methyl sites for hydroxylation is 1. The molecule has 2 rings (SSSR count). The Morgan fingerprint density at radius 3 is 2.83 bits per heavy atom. The molecule has 1 atom stereocenters. The number of halogens is 2. The first-order valence-electron chi connectivity index (χ1n) is 5.55. The maximum Gasteiger partial charge on any atom is 0.142 e. The van der Waals surface area contributed by atoms with Gasteiger partial charge in [0.1, 0.15) is 5.82 Å². The summed E-state index contributed by atoms with van der Waals surface area (Å²) in [7, 11) is 0. The number of rotatable bonds is 4. The Morgan fingerprint density at radius 2 is 2.22 bits per heavy atom. The number of hydrogen-bond donors (Lipinski definition) is 2. The van der Waals surface area contributed by atoms with E-state index in [9.17, 15) is 4.39 Å². The molecular formula is C13H14ClFN2S. The lowest BCUT2D eigenvalue weighted by molar-refractivity contribution is 0.548. The zero-order chi connectivity index (χ0) is 13.1. The molecule has 0 saturated heterocycles. The molecule has 0 radical (unpaired) electrons. The molecule has 0 aliphatic carbocycles. The molecule has 0 aliphatic heterocycles. The second-order valence-corrected chi connectivity index (χ2v) is 5.27. The number of nitrogens with two attached hydrogens (primary N) is 1. The summed E-state index contributed by atoms with van der Waals surface area (Å²) in [5, 5.41) is 4.28. The average Bonchev–Trinajstić information content (AvgIpc) is 2.77. The third-order valence-electron chi connectivity index (χ3n) is 2.93. The molecule has 5 heteroatoms. The van der Waals surface area contributed by atoms with Crippen LogP contribution < -0.4 is 11.3 Å². The first-order valence-corrected chi connectivity index (χ1v) is 6.87. The lowest BCUT2D eigenvalue weighted by Gasteiger charge is -2.17. The second kappa shape index (κ2) is 5.80. The van der Waals surface area contributed by atoms with Crippen LogP contribution in [0, 0.1) is 12.7 Å². The molecule has 96 valence electrons. The maximum absolute atomic E-state index is 13.4. The smallest absolute Gasteiger partial charge is 0.142 e. The van der Waals surface area contributed by atoms with Crippen molar-refractivity contribution in [2.75, 3.05) is 0 Å². The monoisotopic (exact) mass is 284 g/mol. The summed E-state index contributed by atoms with van der Waals surface area (Å²) in [6.45, 7) is 2.03. The van der Waals surface area contributed by atoms with Crippen LogP contribution in [0.3, 0.4) is 0 Å². The lowest BCUT2D eigenvalue weighted by Crippen LogP contribution is -2.29. The molecule has 0 saturated carbocycles. The minimum atomic E-state index is -0.396. The minimum absolute atomic E-state index is 0.0597. The zero-order valence-corrected chi connectivity index (χ0v) is 11.5. The fraction of sp³-hybridized carbons (Fsp3) is 0.231. The average molecular weight is 285 g/mol. The predicted molar refractivity (Wildman–Crippen MR) is 74.2 cm³/mol. The third-order valence-corrected chi connectivity index (χ3v) is 4.23. The normalized spacial score (nSPS) is 12.7. The molecule has 1 aromatic heterocycles. The first kappa shape index (κ1) is 13.5. The molecule has 18 heavy (non-hydrogen) atoms. The molecule has 0 amide bonds. The van der Waals surface area contributed by atoms with Crippen LogP contribution in [-0.4, -0.2) is 0 Å². The van der Waals surface area contributed by atoms with Crippen LogP contribution in [0.4, 0.5) is 4.39 Å². The largest absolute Gasteiger partial charge is 0.271 e. The van der Waals surface area contributed by atoms with Crippen LogP contribution in [0.25, 0.3) is 0 Å². The van der Waals surface area contributed by atoms with Crippen molar-refractivity contribution in [3.05, 3.63) is 56.5 Å². The topological polar surface area (TPSA) is 38.0 Å². The van der Waals surface area contributed by atoms with Crippen LogP contribution in [0.1, 0.15) is 22.7 Å². The molecule has 0 bridgehead atoms. The fourth-order valence-corrected chi connectivity index (χ4v) is 3.02. The van der Waals surface area contributed by atoms with Crippen molar-refractivity contribution in [1.82, 2.24) is 5.43 Å². The number of thiophene rings is 1. The highest BCUT2D eigenvalue weighted by atomic mass is 35.5. The van der Waals surface area contributed by atoms with Gasteiger partial charge in [0, 0.05) is 0 Å². The Hall–Kier alpha value is -0.940. The summed E-state index contributed by atoms with van der Waals surface area (Å²) in [4.78, 5) is 0.